The fourth-order valence-electron chi connectivity index (χ4n) is 4.71. The van der Waals surface area contributed by atoms with Gasteiger partial charge in [0, 0.05) is 24.9 Å². The van der Waals surface area contributed by atoms with Crippen molar-refractivity contribution in [3.05, 3.63) is 99.3 Å². The molecular formula is C30H31ClFNO4. The molecule has 0 unspecified atom stereocenters. The maximum atomic E-state index is 13.6. The highest BCUT2D eigenvalue weighted by molar-refractivity contribution is 6.30. The number of carbonyl (C=O) groups excluding carboxylic acids is 1. The number of carboxylic acids is 1. The van der Waals surface area contributed by atoms with Gasteiger partial charge >= 0.3 is 5.97 Å². The van der Waals surface area contributed by atoms with Crippen molar-refractivity contribution in [3.8, 4) is 5.75 Å². The smallest absolute Gasteiger partial charge is 0.323 e. The number of halogens is 2. The standard InChI is InChI=1S/C30H31ClFNO4/c1-29(2,3)23-9-5-19(6-10-23)17-33(18-27(34)35)28(36)21-8-12-26-22(14-21)16-30(4,37-26)15-20-7-11-25(32)24(31)13-20/h5-14H,15-18H2,1-4H3,(H,34,35)/t30-/m1/s1. The normalized spacial score (nSPS) is 16.7. The van der Waals surface area contributed by atoms with Crippen molar-refractivity contribution in [2.24, 2.45) is 0 Å². The van der Waals surface area contributed by atoms with Gasteiger partial charge in [-0.25, -0.2) is 4.39 Å². The lowest BCUT2D eigenvalue weighted by Gasteiger charge is -2.24. The number of hydrogen-bond acceptors (Lipinski definition) is 3. The van der Waals surface area contributed by atoms with Crippen LogP contribution in [-0.4, -0.2) is 34.0 Å². The van der Waals surface area contributed by atoms with E-state index in [1.807, 2.05) is 31.2 Å². The lowest BCUT2D eigenvalue weighted by atomic mass is 9.87. The van der Waals surface area contributed by atoms with E-state index in [1.165, 1.54) is 11.0 Å². The van der Waals surface area contributed by atoms with E-state index >= 15 is 0 Å². The maximum Gasteiger partial charge on any atom is 0.323 e. The summed E-state index contributed by atoms with van der Waals surface area (Å²) in [5, 5.41) is 9.53. The highest BCUT2D eigenvalue weighted by atomic mass is 35.5. The molecule has 0 fully saturated rings. The quantitative estimate of drug-likeness (QED) is 0.387. The zero-order chi connectivity index (χ0) is 27.0. The first-order valence-electron chi connectivity index (χ1n) is 12.2. The molecule has 1 atom stereocenters. The zero-order valence-corrected chi connectivity index (χ0v) is 22.2. The molecule has 0 bridgehead atoms. The largest absolute Gasteiger partial charge is 0.487 e. The number of benzene rings is 3. The Labute approximate surface area is 221 Å². The van der Waals surface area contributed by atoms with E-state index in [0.717, 1.165) is 22.3 Å². The summed E-state index contributed by atoms with van der Waals surface area (Å²) in [6.07, 6.45) is 1.06. The number of nitrogens with zero attached hydrogens (tertiary/aromatic N) is 1. The number of aliphatic carboxylic acids is 1. The van der Waals surface area contributed by atoms with Crippen molar-refractivity contribution in [2.45, 2.75) is 58.1 Å². The Balaban J connectivity index is 1.51. The van der Waals surface area contributed by atoms with Gasteiger partial charge in [-0.05, 0) is 64.9 Å². The number of hydrogen-bond donors (Lipinski definition) is 1. The Morgan fingerprint density at radius 3 is 2.35 bits per heavy atom. The Bertz CT molecular complexity index is 1330. The first kappa shape index (κ1) is 26.7. The summed E-state index contributed by atoms with van der Waals surface area (Å²) in [4.78, 5) is 26.3. The summed E-state index contributed by atoms with van der Waals surface area (Å²) in [5.74, 6) is -1.22. The second kappa shape index (κ2) is 10.2. The van der Waals surface area contributed by atoms with Crippen molar-refractivity contribution in [1.82, 2.24) is 4.90 Å². The van der Waals surface area contributed by atoms with Crippen LogP contribution in [0.25, 0.3) is 0 Å². The summed E-state index contributed by atoms with van der Waals surface area (Å²) in [7, 11) is 0. The summed E-state index contributed by atoms with van der Waals surface area (Å²) in [6.45, 7) is 8.12. The molecule has 1 N–H and O–H groups in total. The predicted octanol–water partition coefficient (Wildman–Crippen LogP) is 6.44. The van der Waals surface area contributed by atoms with Crippen molar-refractivity contribution in [3.63, 3.8) is 0 Å². The van der Waals surface area contributed by atoms with Gasteiger partial charge in [-0.15, -0.1) is 0 Å². The van der Waals surface area contributed by atoms with Gasteiger partial charge in [0.1, 0.15) is 23.7 Å². The van der Waals surface area contributed by atoms with Crippen LogP contribution in [0.2, 0.25) is 5.02 Å². The average Bonchev–Trinajstić information content (AvgIpc) is 3.15. The van der Waals surface area contributed by atoms with E-state index in [1.54, 1.807) is 30.3 Å². The monoisotopic (exact) mass is 523 g/mol. The molecule has 4 rings (SSSR count). The lowest BCUT2D eigenvalue weighted by Crippen LogP contribution is -2.35. The third-order valence-electron chi connectivity index (χ3n) is 6.60. The Morgan fingerprint density at radius 2 is 1.73 bits per heavy atom. The van der Waals surface area contributed by atoms with Gasteiger partial charge in [0.05, 0.1) is 5.02 Å². The van der Waals surface area contributed by atoms with Crippen molar-refractivity contribution >= 4 is 23.5 Å². The Kier molecular flexibility index (Phi) is 7.33. The molecule has 0 aromatic heterocycles. The SMILES string of the molecule is CC(C)(C)c1ccc(CN(CC(=O)O)C(=O)c2ccc3c(c2)C[C@@](C)(Cc2ccc(F)c(Cl)c2)O3)cc1. The highest BCUT2D eigenvalue weighted by Crippen LogP contribution is 2.38. The molecule has 3 aromatic rings. The van der Waals surface area contributed by atoms with E-state index in [2.05, 4.69) is 20.8 Å². The average molecular weight is 524 g/mol. The second-order valence-corrected chi connectivity index (χ2v) is 11.4. The summed E-state index contributed by atoms with van der Waals surface area (Å²) < 4.78 is 19.8. The van der Waals surface area contributed by atoms with Crippen LogP contribution in [-0.2, 0) is 29.6 Å². The fraction of sp³-hybridized carbons (Fsp3) is 0.333. The van der Waals surface area contributed by atoms with Crippen LogP contribution in [0.5, 0.6) is 5.75 Å². The van der Waals surface area contributed by atoms with Gasteiger partial charge in [0.2, 0.25) is 0 Å². The first-order valence-corrected chi connectivity index (χ1v) is 12.6. The molecule has 0 aliphatic carbocycles. The van der Waals surface area contributed by atoms with E-state index in [4.69, 9.17) is 16.3 Å². The third-order valence-corrected chi connectivity index (χ3v) is 6.89. The maximum absolute atomic E-state index is 13.6. The van der Waals surface area contributed by atoms with E-state index in [-0.39, 0.29) is 22.9 Å². The Hall–Kier alpha value is -3.38. The molecule has 5 nitrogen and oxygen atoms in total. The number of carbonyl (C=O) groups is 2. The van der Waals surface area contributed by atoms with Crippen molar-refractivity contribution in [2.75, 3.05) is 6.54 Å². The molecule has 0 saturated carbocycles. The van der Waals surface area contributed by atoms with Gasteiger partial charge in [0.25, 0.3) is 5.91 Å². The molecule has 0 radical (unpaired) electrons. The summed E-state index contributed by atoms with van der Waals surface area (Å²) >= 11 is 5.94. The van der Waals surface area contributed by atoms with Crippen LogP contribution in [0.15, 0.2) is 60.7 Å². The Morgan fingerprint density at radius 1 is 1.05 bits per heavy atom. The number of ether oxygens (including phenoxy) is 1. The van der Waals surface area contributed by atoms with Crippen LogP contribution in [0.4, 0.5) is 4.39 Å². The molecule has 1 aliphatic rings. The number of carboxylic acid groups (broad SMARTS) is 1. The number of fused-ring (bicyclic) bond motifs is 1. The molecule has 0 saturated heterocycles. The molecule has 37 heavy (non-hydrogen) atoms. The van der Waals surface area contributed by atoms with Gasteiger partial charge in [0.15, 0.2) is 0 Å². The molecule has 0 spiro atoms. The van der Waals surface area contributed by atoms with Crippen molar-refractivity contribution in [1.29, 1.82) is 0 Å². The third kappa shape index (κ3) is 6.31. The van der Waals surface area contributed by atoms with Gasteiger partial charge in [-0.1, -0.05) is 62.7 Å². The fourth-order valence-corrected chi connectivity index (χ4v) is 4.91. The minimum atomic E-state index is -1.07. The molecule has 1 aliphatic heterocycles. The highest BCUT2D eigenvalue weighted by Gasteiger charge is 2.36. The van der Waals surface area contributed by atoms with E-state index < -0.39 is 23.9 Å². The minimum absolute atomic E-state index is 0.000943. The van der Waals surface area contributed by atoms with Crippen molar-refractivity contribution < 1.29 is 23.8 Å². The van der Waals surface area contributed by atoms with E-state index in [0.29, 0.717) is 24.2 Å². The molecular weight excluding hydrogens is 493 g/mol. The zero-order valence-electron chi connectivity index (χ0n) is 21.5. The summed E-state index contributed by atoms with van der Waals surface area (Å²) in [5.41, 5.74) is 3.56. The second-order valence-electron chi connectivity index (χ2n) is 11.0. The number of amides is 1. The lowest BCUT2D eigenvalue weighted by molar-refractivity contribution is -0.137. The van der Waals surface area contributed by atoms with Crippen LogP contribution in [0.3, 0.4) is 0 Å². The molecule has 3 aromatic carbocycles. The van der Waals surface area contributed by atoms with Gasteiger partial charge in [-0.3, -0.25) is 9.59 Å². The van der Waals surface area contributed by atoms with Gasteiger partial charge in [-0.2, -0.15) is 0 Å². The minimum Gasteiger partial charge on any atom is -0.487 e. The van der Waals surface area contributed by atoms with Crippen LogP contribution in [0.1, 0.15) is 60.3 Å². The number of rotatable bonds is 7. The first-order chi connectivity index (χ1) is 17.3. The molecule has 1 heterocycles. The van der Waals surface area contributed by atoms with Crippen LogP contribution in [0, 0.1) is 5.82 Å². The molecule has 194 valence electrons. The topological polar surface area (TPSA) is 66.8 Å². The predicted molar refractivity (Wildman–Crippen MR) is 142 cm³/mol. The summed E-state index contributed by atoms with van der Waals surface area (Å²) in [6, 6.07) is 17.7. The molecule has 7 heteroatoms. The van der Waals surface area contributed by atoms with Gasteiger partial charge < -0.3 is 14.7 Å². The van der Waals surface area contributed by atoms with Crippen LogP contribution < -0.4 is 4.74 Å². The molecule has 1 amide bonds. The van der Waals surface area contributed by atoms with Crippen LogP contribution >= 0.6 is 11.6 Å². The van der Waals surface area contributed by atoms with E-state index in [9.17, 15) is 19.1 Å².